The molecular weight excluding hydrogens is 196 g/mol. The van der Waals surface area contributed by atoms with Crippen molar-refractivity contribution in [3.63, 3.8) is 0 Å². The van der Waals surface area contributed by atoms with Crippen LogP contribution in [0.1, 0.15) is 32.6 Å². The van der Waals surface area contributed by atoms with E-state index in [2.05, 4.69) is 11.6 Å². The molecule has 0 aliphatic heterocycles. The van der Waals surface area contributed by atoms with Gasteiger partial charge in [0.25, 0.3) is 0 Å². The first-order valence-corrected chi connectivity index (χ1v) is 6.51. The van der Waals surface area contributed by atoms with E-state index < -0.39 is 0 Å². The summed E-state index contributed by atoms with van der Waals surface area (Å²) in [5.41, 5.74) is 5.49. The Balaban J connectivity index is 2.25. The highest BCUT2D eigenvalue weighted by Crippen LogP contribution is 2.26. The van der Waals surface area contributed by atoms with Gasteiger partial charge in [-0.15, -0.1) is 0 Å². The molecule has 82 valence electrons. The smallest absolute Gasteiger partial charge is 0.236 e. The van der Waals surface area contributed by atoms with Gasteiger partial charge in [0.05, 0.1) is 6.04 Å². The van der Waals surface area contributed by atoms with Crippen LogP contribution < -0.4 is 11.1 Å². The third-order valence-electron chi connectivity index (χ3n) is 2.77. The van der Waals surface area contributed by atoms with Crippen LogP contribution in [0.4, 0.5) is 0 Å². The summed E-state index contributed by atoms with van der Waals surface area (Å²) in [5.74, 6) is -0.0161. The largest absolute Gasteiger partial charge is 0.352 e. The Morgan fingerprint density at radius 3 is 2.43 bits per heavy atom. The van der Waals surface area contributed by atoms with Crippen molar-refractivity contribution in [1.82, 2.24) is 5.32 Å². The van der Waals surface area contributed by atoms with E-state index in [9.17, 15) is 4.79 Å². The van der Waals surface area contributed by atoms with Crippen molar-refractivity contribution >= 4 is 17.7 Å². The number of nitrogens with one attached hydrogen (secondary N) is 1. The lowest BCUT2D eigenvalue weighted by molar-refractivity contribution is -0.122. The van der Waals surface area contributed by atoms with Gasteiger partial charge in [-0.25, -0.2) is 0 Å². The van der Waals surface area contributed by atoms with Crippen LogP contribution in [-0.4, -0.2) is 29.5 Å². The Kier molecular flexibility index (Phi) is 4.75. The molecule has 0 bridgehead atoms. The maximum Gasteiger partial charge on any atom is 0.236 e. The normalized spacial score (nSPS) is 29.6. The van der Waals surface area contributed by atoms with Crippen LogP contribution in [0.2, 0.25) is 0 Å². The molecule has 1 fully saturated rings. The van der Waals surface area contributed by atoms with Gasteiger partial charge in [0, 0.05) is 11.3 Å². The van der Waals surface area contributed by atoms with Crippen molar-refractivity contribution in [1.29, 1.82) is 0 Å². The fourth-order valence-corrected chi connectivity index (χ4v) is 2.52. The van der Waals surface area contributed by atoms with Gasteiger partial charge in [0.15, 0.2) is 0 Å². The summed E-state index contributed by atoms with van der Waals surface area (Å²) in [6, 6.07) is -0.0230. The zero-order chi connectivity index (χ0) is 10.6. The average molecular weight is 216 g/mol. The van der Waals surface area contributed by atoms with Crippen molar-refractivity contribution < 1.29 is 4.79 Å². The van der Waals surface area contributed by atoms with E-state index >= 15 is 0 Å². The van der Waals surface area contributed by atoms with E-state index in [1.165, 1.54) is 12.8 Å². The lowest BCUT2D eigenvalue weighted by Crippen LogP contribution is -2.45. The zero-order valence-corrected chi connectivity index (χ0v) is 9.77. The summed E-state index contributed by atoms with van der Waals surface area (Å²) in [4.78, 5) is 11.3. The summed E-state index contributed by atoms with van der Waals surface area (Å²) in [5, 5.41) is 3.78. The summed E-state index contributed by atoms with van der Waals surface area (Å²) in [7, 11) is 0. The van der Waals surface area contributed by atoms with E-state index in [-0.39, 0.29) is 11.9 Å². The minimum Gasteiger partial charge on any atom is -0.352 e. The number of hydrogen-bond acceptors (Lipinski definition) is 3. The predicted molar refractivity (Wildman–Crippen MR) is 61.4 cm³/mol. The highest BCUT2D eigenvalue weighted by Gasteiger charge is 2.22. The van der Waals surface area contributed by atoms with Crippen LogP contribution in [-0.2, 0) is 4.79 Å². The van der Waals surface area contributed by atoms with Gasteiger partial charge in [-0.1, -0.05) is 0 Å². The van der Waals surface area contributed by atoms with Gasteiger partial charge in [-0.05, 0) is 38.9 Å². The number of thioether (sulfide) groups is 1. The van der Waals surface area contributed by atoms with Gasteiger partial charge in [-0.3, -0.25) is 4.79 Å². The molecule has 1 saturated carbocycles. The second-order valence-electron chi connectivity index (χ2n) is 4.01. The molecule has 14 heavy (non-hydrogen) atoms. The molecule has 3 nitrogen and oxygen atoms in total. The first-order valence-electron chi connectivity index (χ1n) is 5.22. The third-order valence-corrected chi connectivity index (χ3v) is 3.91. The van der Waals surface area contributed by atoms with Gasteiger partial charge < -0.3 is 11.1 Å². The Morgan fingerprint density at radius 2 is 2.00 bits per heavy atom. The Labute approximate surface area is 90.2 Å². The fourth-order valence-electron chi connectivity index (χ4n) is 1.78. The molecular formula is C10H20N2OS. The number of carbonyl (C=O) groups excluding carboxylic acids is 1. The van der Waals surface area contributed by atoms with E-state index in [0.717, 1.165) is 18.1 Å². The topological polar surface area (TPSA) is 55.1 Å². The molecule has 1 rings (SSSR count). The van der Waals surface area contributed by atoms with Crippen LogP contribution in [0.3, 0.4) is 0 Å². The monoisotopic (exact) mass is 216 g/mol. The number of rotatable bonds is 3. The maximum atomic E-state index is 11.3. The summed E-state index contributed by atoms with van der Waals surface area (Å²) >= 11 is 1.94. The molecule has 1 amide bonds. The average Bonchev–Trinajstić information content (AvgIpc) is 2.19. The molecule has 1 aliphatic rings. The van der Waals surface area contributed by atoms with E-state index in [1.807, 2.05) is 11.8 Å². The number of amides is 1. The first kappa shape index (κ1) is 11.9. The Hall–Kier alpha value is -0.220. The first-order chi connectivity index (χ1) is 6.63. The van der Waals surface area contributed by atoms with Crippen molar-refractivity contribution in [2.24, 2.45) is 5.73 Å². The Morgan fingerprint density at radius 1 is 1.43 bits per heavy atom. The molecule has 0 aromatic carbocycles. The van der Waals surface area contributed by atoms with Crippen molar-refractivity contribution in [3.05, 3.63) is 0 Å². The molecule has 0 saturated heterocycles. The lowest BCUT2D eigenvalue weighted by Gasteiger charge is -2.28. The quantitative estimate of drug-likeness (QED) is 0.743. The van der Waals surface area contributed by atoms with Gasteiger partial charge >= 0.3 is 0 Å². The van der Waals surface area contributed by atoms with Gasteiger partial charge in [0.2, 0.25) is 5.91 Å². The molecule has 0 spiro atoms. The van der Waals surface area contributed by atoms with Crippen LogP contribution in [0.25, 0.3) is 0 Å². The molecule has 0 radical (unpaired) electrons. The molecule has 0 unspecified atom stereocenters. The second kappa shape index (κ2) is 5.61. The minimum atomic E-state index is -0.381. The molecule has 4 heteroatoms. The predicted octanol–water partition coefficient (Wildman–Crippen LogP) is 1.12. The standard InChI is InChI=1S/C10H20N2OS/c1-7(11)10(13)12-8-3-5-9(14-2)6-4-8/h7-9H,3-6,11H2,1-2H3,(H,12,13)/t7-,8?,9?/m0/s1. The minimum absolute atomic E-state index is 0.0161. The molecule has 1 aliphatic carbocycles. The van der Waals surface area contributed by atoms with Crippen molar-refractivity contribution in [3.8, 4) is 0 Å². The van der Waals surface area contributed by atoms with Crippen LogP contribution in [0.5, 0.6) is 0 Å². The summed E-state index contributed by atoms with van der Waals surface area (Å²) in [6.45, 7) is 1.73. The maximum absolute atomic E-state index is 11.3. The van der Waals surface area contributed by atoms with Crippen LogP contribution in [0.15, 0.2) is 0 Å². The lowest BCUT2D eigenvalue weighted by atomic mass is 9.95. The van der Waals surface area contributed by atoms with Crippen molar-refractivity contribution in [2.45, 2.75) is 49.9 Å². The van der Waals surface area contributed by atoms with Crippen LogP contribution >= 0.6 is 11.8 Å². The zero-order valence-electron chi connectivity index (χ0n) is 8.95. The fraction of sp³-hybridized carbons (Fsp3) is 0.900. The summed E-state index contributed by atoms with van der Waals surface area (Å²) in [6.07, 6.45) is 6.79. The van der Waals surface area contributed by atoms with Gasteiger partial charge in [-0.2, -0.15) is 11.8 Å². The number of hydrogen-bond donors (Lipinski definition) is 2. The number of carbonyl (C=O) groups is 1. The van der Waals surface area contributed by atoms with E-state index in [0.29, 0.717) is 6.04 Å². The van der Waals surface area contributed by atoms with Crippen molar-refractivity contribution in [2.75, 3.05) is 6.26 Å². The molecule has 1 atom stereocenters. The molecule has 0 heterocycles. The SMILES string of the molecule is CSC1CCC(NC(=O)[C@H](C)N)CC1. The third kappa shape index (κ3) is 3.50. The van der Waals surface area contributed by atoms with E-state index in [4.69, 9.17) is 5.73 Å². The van der Waals surface area contributed by atoms with Crippen LogP contribution in [0, 0.1) is 0 Å². The highest BCUT2D eigenvalue weighted by atomic mass is 32.2. The molecule has 0 aromatic heterocycles. The molecule has 0 aromatic rings. The summed E-state index contributed by atoms with van der Waals surface area (Å²) < 4.78 is 0. The second-order valence-corrected chi connectivity index (χ2v) is 5.14. The molecule has 3 N–H and O–H groups in total. The Bertz CT molecular complexity index is 189. The number of nitrogens with two attached hydrogens (primary N) is 1. The van der Waals surface area contributed by atoms with Gasteiger partial charge in [0.1, 0.15) is 0 Å². The van der Waals surface area contributed by atoms with E-state index in [1.54, 1.807) is 6.92 Å². The highest BCUT2D eigenvalue weighted by molar-refractivity contribution is 7.99.